The van der Waals surface area contributed by atoms with E-state index < -0.39 is 0 Å². The van der Waals surface area contributed by atoms with Crippen LogP contribution in [0.4, 0.5) is 0 Å². The van der Waals surface area contributed by atoms with Crippen molar-refractivity contribution >= 4 is 34.3 Å². The van der Waals surface area contributed by atoms with Crippen LogP contribution in [0.5, 0.6) is 5.75 Å². The third-order valence-corrected chi connectivity index (χ3v) is 2.89. The second kappa shape index (κ2) is 3.16. The Morgan fingerprint density at radius 3 is 2.92 bits per heavy atom. The maximum atomic E-state index is 9.53. The molecule has 2 aromatic rings. The minimum Gasteiger partial charge on any atom is -0.506 e. The summed E-state index contributed by atoms with van der Waals surface area (Å²) in [6, 6.07) is 3.65. The predicted octanol–water partition coefficient (Wildman–Crippen LogP) is 3.25. The molecule has 1 aromatic heterocycles. The number of fused-ring (bicyclic) bond motifs is 1. The first-order chi connectivity index (χ1) is 6.22. The number of hydrogen-bond donors (Lipinski definition) is 2. The average molecular weight is 214 g/mol. The van der Waals surface area contributed by atoms with Crippen molar-refractivity contribution in [3.63, 3.8) is 0 Å². The van der Waals surface area contributed by atoms with E-state index in [1.807, 2.05) is 12.3 Å². The number of halogens is 1. The lowest BCUT2D eigenvalue weighted by Gasteiger charge is -2.00. The van der Waals surface area contributed by atoms with Gasteiger partial charge in [-0.15, -0.1) is 11.8 Å². The van der Waals surface area contributed by atoms with Crippen molar-refractivity contribution in [3.8, 4) is 5.75 Å². The molecule has 2 rings (SSSR count). The molecular formula is C9H8ClNOS. The van der Waals surface area contributed by atoms with Gasteiger partial charge in [0.2, 0.25) is 0 Å². The molecule has 0 amide bonds. The molecule has 0 saturated heterocycles. The zero-order valence-electron chi connectivity index (χ0n) is 6.97. The van der Waals surface area contributed by atoms with Gasteiger partial charge in [-0.1, -0.05) is 11.6 Å². The van der Waals surface area contributed by atoms with Gasteiger partial charge in [-0.3, -0.25) is 0 Å². The lowest BCUT2D eigenvalue weighted by Crippen LogP contribution is -1.74. The quantitative estimate of drug-likeness (QED) is 0.714. The lowest BCUT2D eigenvalue weighted by atomic mass is 10.2. The van der Waals surface area contributed by atoms with Crippen LogP contribution < -0.4 is 0 Å². The molecule has 0 fully saturated rings. The number of H-pyrrole nitrogens is 1. The molecule has 0 aliphatic heterocycles. The van der Waals surface area contributed by atoms with Crippen LogP contribution in [0.15, 0.2) is 23.2 Å². The summed E-state index contributed by atoms with van der Waals surface area (Å²) in [7, 11) is 0. The summed E-state index contributed by atoms with van der Waals surface area (Å²) in [6.07, 6.45) is 3.53. The van der Waals surface area contributed by atoms with Gasteiger partial charge < -0.3 is 10.1 Å². The number of rotatable bonds is 1. The van der Waals surface area contributed by atoms with Gasteiger partial charge in [0, 0.05) is 16.1 Å². The van der Waals surface area contributed by atoms with E-state index in [-0.39, 0.29) is 5.75 Å². The molecule has 0 aliphatic rings. The molecule has 1 heterocycles. The van der Waals surface area contributed by atoms with E-state index in [0.29, 0.717) is 5.02 Å². The summed E-state index contributed by atoms with van der Waals surface area (Å²) in [4.78, 5) is 3.94. The molecule has 1 aromatic carbocycles. The predicted molar refractivity (Wildman–Crippen MR) is 56.8 cm³/mol. The topological polar surface area (TPSA) is 36.0 Å². The van der Waals surface area contributed by atoms with Gasteiger partial charge in [0.1, 0.15) is 5.75 Å². The van der Waals surface area contributed by atoms with Crippen molar-refractivity contribution < 1.29 is 5.11 Å². The van der Waals surface area contributed by atoms with Crippen molar-refractivity contribution in [1.29, 1.82) is 0 Å². The maximum Gasteiger partial charge on any atom is 0.141 e. The van der Waals surface area contributed by atoms with Crippen LogP contribution in [0.2, 0.25) is 5.02 Å². The normalized spacial score (nSPS) is 10.9. The fourth-order valence-electron chi connectivity index (χ4n) is 1.34. The molecule has 2 N–H and O–H groups in total. The molecule has 0 radical (unpaired) electrons. The minimum atomic E-state index is 0.274. The van der Waals surface area contributed by atoms with Gasteiger partial charge in [0.15, 0.2) is 0 Å². The summed E-state index contributed by atoms with van der Waals surface area (Å²) in [5.41, 5.74) is 0.870. The molecule has 0 spiro atoms. The molecule has 0 bridgehead atoms. The number of nitrogens with one attached hydrogen (secondary N) is 1. The van der Waals surface area contributed by atoms with Crippen LogP contribution in [0.3, 0.4) is 0 Å². The summed E-state index contributed by atoms with van der Waals surface area (Å²) in [5.74, 6) is 0.274. The fraction of sp³-hybridized carbons (Fsp3) is 0.111. The van der Waals surface area contributed by atoms with Crippen LogP contribution in [-0.2, 0) is 0 Å². The Kier molecular flexibility index (Phi) is 2.14. The van der Waals surface area contributed by atoms with Gasteiger partial charge >= 0.3 is 0 Å². The summed E-state index contributed by atoms with van der Waals surface area (Å²) < 4.78 is 0. The highest BCUT2D eigenvalue weighted by atomic mass is 35.5. The van der Waals surface area contributed by atoms with Crippen molar-refractivity contribution in [3.05, 3.63) is 23.4 Å². The standard InChI is InChI=1S/C9H8ClNOS/c1-13-8-3-5(10)2-6-9(8)7(12)4-11-6/h2-4,11-12H,1H3. The second-order valence-corrected chi connectivity index (χ2v) is 3.99. The van der Waals surface area contributed by atoms with Gasteiger partial charge in [-0.2, -0.15) is 0 Å². The van der Waals surface area contributed by atoms with Crippen LogP contribution in [-0.4, -0.2) is 16.3 Å². The first-order valence-electron chi connectivity index (χ1n) is 3.76. The number of benzene rings is 1. The first kappa shape index (κ1) is 8.78. The van der Waals surface area contributed by atoms with Crippen molar-refractivity contribution in [2.45, 2.75) is 4.90 Å². The van der Waals surface area contributed by atoms with Gasteiger partial charge in [-0.25, -0.2) is 0 Å². The third-order valence-electron chi connectivity index (χ3n) is 1.91. The van der Waals surface area contributed by atoms with Gasteiger partial charge in [0.05, 0.1) is 10.9 Å². The second-order valence-electron chi connectivity index (χ2n) is 2.70. The fourth-order valence-corrected chi connectivity index (χ4v) is 2.29. The van der Waals surface area contributed by atoms with Gasteiger partial charge in [-0.05, 0) is 18.4 Å². The monoisotopic (exact) mass is 213 g/mol. The molecule has 13 heavy (non-hydrogen) atoms. The first-order valence-corrected chi connectivity index (χ1v) is 5.36. The number of hydrogen-bond acceptors (Lipinski definition) is 2. The minimum absolute atomic E-state index is 0.274. The molecule has 0 atom stereocenters. The van der Waals surface area contributed by atoms with Crippen LogP contribution >= 0.6 is 23.4 Å². The van der Waals surface area contributed by atoms with Crippen LogP contribution in [0.1, 0.15) is 0 Å². The summed E-state index contributed by atoms with van der Waals surface area (Å²) >= 11 is 7.46. The molecular weight excluding hydrogens is 206 g/mol. The Morgan fingerprint density at radius 2 is 2.23 bits per heavy atom. The average Bonchev–Trinajstić information content (AvgIpc) is 2.46. The van der Waals surface area contributed by atoms with E-state index in [4.69, 9.17) is 11.6 Å². The highest BCUT2D eigenvalue weighted by Crippen LogP contribution is 2.35. The number of aromatic amines is 1. The zero-order chi connectivity index (χ0) is 9.42. The highest BCUT2D eigenvalue weighted by molar-refractivity contribution is 7.98. The van der Waals surface area contributed by atoms with E-state index in [0.717, 1.165) is 15.8 Å². The lowest BCUT2D eigenvalue weighted by molar-refractivity contribution is 0.481. The van der Waals surface area contributed by atoms with Crippen LogP contribution in [0.25, 0.3) is 10.9 Å². The molecule has 0 aliphatic carbocycles. The van der Waals surface area contributed by atoms with E-state index in [2.05, 4.69) is 4.98 Å². The van der Waals surface area contributed by atoms with Crippen LogP contribution in [0, 0.1) is 0 Å². The zero-order valence-corrected chi connectivity index (χ0v) is 8.54. The maximum absolute atomic E-state index is 9.53. The van der Waals surface area contributed by atoms with Crippen molar-refractivity contribution in [2.24, 2.45) is 0 Å². The SMILES string of the molecule is CSc1cc(Cl)cc2[nH]cc(O)c12. The molecule has 0 saturated carbocycles. The van der Waals surface area contributed by atoms with E-state index in [1.54, 1.807) is 24.0 Å². The van der Waals surface area contributed by atoms with Crippen molar-refractivity contribution in [1.82, 2.24) is 4.98 Å². The van der Waals surface area contributed by atoms with Gasteiger partial charge in [0.25, 0.3) is 0 Å². The Bertz CT molecular complexity index is 452. The van der Waals surface area contributed by atoms with Crippen molar-refractivity contribution in [2.75, 3.05) is 6.26 Å². The Morgan fingerprint density at radius 1 is 1.46 bits per heavy atom. The van der Waals surface area contributed by atoms with E-state index in [1.165, 1.54) is 0 Å². The Hall–Kier alpha value is -0.800. The molecule has 68 valence electrons. The Labute approximate surface area is 84.9 Å². The van der Waals surface area contributed by atoms with E-state index in [9.17, 15) is 5.11 Å². The number of aromatic hydroxyl groups is 1. The summed E-state index contributed by atoms with van der Waals surface area (Å²) in [5, 5.41) is 11.1. The molecule has 2 nitrogen and oxygen atoms in total. The largest absolute Gasteiger partial charge is 0.506 e. The number of aromatic nitrogens is 1. The highest BCUT2D eigenvalue weighted by Gasteiger charge is 2.08. The van der Waals surface area contributed by atoms with E-state index >= 15 is 0 Å². The molecule has 0 unspecified atom stereocenters. The number of thioether (sulfide) groups is 1. The summed E-state index contributed by atoms with van der Waals surface area (Å²) in [6.45, 7) is 0. The molecule has 4 heteroatoms. The Balaban J connectivity index is 2.85. The smallest absolute Gasteiger partial charge is 0.141 e. The third kappa shape index (κ3) is 1.38.